The third kappa shape index (κ3) is 6.11. The van der Waals surface area contributed by atoms with E-state index in [1.54, 1.807) is 0 Å². The molecule has 2 aromatic carbocycles. The molecular formula is C28H37N5O2. The number of ether oxygens (including phenoxy) is 1. The topological polar surface area (TPSA) is 68.9 Å². The fraction of sp³-hybridized carbons (Fsp3) is 0.464. The van der Waals surface area contributed by atoms with E-state index >= 15 is 0 Å². The minimum absolute atomic E-state index is 0.0284. The van der Waals surface area contributed by atoms with Crippen molar-refractivity contribution in [3.05, 3.63) is 71.8 Å². The lowest BCUT2D eigenvalue weighted by Gasteiger charge is -2.34. The van der Waals surface area contributed by atoms with E-state index in [4.69, 9.17) is 4.74 Å². The number of benzene rings is 2. The molecule has 0 bridgehead atoms. The van der Waals surface area contributed by atoms with Gasteiger partial charge in [-0.05, 0) is 56.1 Å². The fourth-order valence-electron chi connectivity index (χ4n) is 5.37. The molecule has 4 unspecified atom stereocenters. The Hall–Kier alpha value is -2.71. The van der Waals surface area contributed by atoms with Gasteiger partial charge in [-0.15, -0.1) is 0 Å². The van der Waals surface area contributed by atoms with Crippen LogP contribution in [0.25, 0.3) is 6.08 Å². The van der Waals surface area contributed by atoms with Gasteiger partial charge in [-0.2, -0.15) is 0 Å². The third-order valence-corrected chi connectivity index (χ3v) is 7.53. The highest BCUT2D eigenvalue weighted by atomic mass is 16.5. The number of anilines is 1. The van der Waals surface area contributed by atoms with Crippen LogP contribution in [0.4, 0.5) is 5.69 Å². The van der Waals surface area contributed by atoms with E-state index < -0.39 is 0 Å². The Balaban J connectivity index is 1.07. The van der Waals surface area contributed by atoms with Crippen LogP contribution in [0.5, 0.6) is 0 Å². The number of amides is 1. The van der Waals surface area contributed by atoms with Crippen molar-refractivity contribution in [3.63, 3.8) is 0 Å². The molecule has 2 aromatic rings. The Bertz CT molecular complexity index is 988. The molecule has 0 radical (unpaired) electrons. The van der Waals surface area contributed by atoms with E-state index in [0.29, 0.717) is 24.1 Å². The quantitative estimate of drug-likeness (QED) is 0.572. The first-order valence-corrected chi connectivity index (χ1v) is 12.8. The average molecular weight is 476 g/mol. The van der Waals surface area contributed by atoms with Gasteiger partial charge in [0.05, 0.1) is 18.9 Å². The highest BCUT2D eigenvalue weighted by Crippen LogP contribution is 2.31. The zero-order valence-electron chi connectivity index (χ0n) is 20.5. The summed E-state index contributed by atoms with van der Waals surface area (Å²) >= 11 is 0. The lowest BCUT2D eigenvalue weighted by Crippen LogP contribution is -2.47. The molecule has 1 amide bonds. The SMILES string of the molecule is CN1CCN(c2ccc(C(=O)NC3NNC4CC(OC/C=C/c5ccccc5)CCC43)cc2)CC1. The number of likely N-dealkylation sites (N-methyl/N-ethyl adjacent to an activating group) is 1. The highest BCUT2D eigenvalue weighted by Gasteiger charge is 2.41. The predicted octanol–water partition coefficient (Wildman–Crippen LogP) is 2.87. The van der Waals surface area contributed by atoms with Gasteiger partial charge in [0.2, 0.25) is 0 Å². The summed E-state index contributed by atoms with van der Waals surface area (Å²) in [4.78, 5) is 17.7. The van der Waals surface area contributed by atoms with Gasteiger partial charge in [0, 0.05) is 49.4 Å². The van der Waals surface area contributed by atoms with Crippen molar-refractivity contribution in [1.82, 2.24) is 21.1 Å². The maximum Gasteiger partial charge on any atom is 0.252 e. The second-order valence-electron chi connectivity index (χ2n) is 9.93. The molecule has 3 aliphatic rings. The minimum atomic E-state index is -0.0660. The van der Waals surface area contributed by atoms with Crippen LogP contribution in [-0.4, -0.2) is 69.0 Å². The molecule has 2 saturated heterocycles. The molecule has 4 atom stereocenters. The number of carbonyl (C=O) groups is 1. The van der Waals surface area contributed by atoms with Gasteiger partial charge in [0.1, 0.15) is 0 Å². The summed E-state index contributed by atoms with van der Waals surface area (Å²) in [6.07, 6.45) is 7.33. The number of nitrogens with zero attached hydrogens (tertiary/aromatic N) is 2. The van der Waals surface area contributed by atoms with Crippen molar-refractivity contribution < 1.29 is 9.53 Å². The number of fused-ring (bicyclic) bond motifs is 1. The Morgan fingerprint density at radius 2 is 1.80 bits per heavy atom. The molecule has 2 aliphatic heterocycles. The van der Waals surface area contributed by atoms with E-state index in [1.165, 1.54) is 11.3 Å². The largest absolute Gasteiger partial charge is 0.374 e. The Kier molecular flexibility index (Phi) is 7.79. The molecule has 3 N–H and O–H groups in total. The number of nitrogens with one attached hydrogen (secondary N) is 3. The van der Waals surface area contributed by atoms with Crippen LogP contribution in [0.2, 0.25) is 0 Å². The van der Waals surface area contributed by atoms with E-state index in [0.717, 1.165) is 45.4 Å². The summed E-state index contributed by atoms with van der Waals surface area (Å²) in [6.45, 7) is 4.81. The molecule has 7 nitrogen and oxygen atoms in total. The maximum atomic E-state index is 12.9. The van der Waals surface area contributed by atoms with Crippen LogP contribution in [-0.2, 0) is 4.74 Å². The van der Waals surface area contributed by atoms with E-state index in [9.17, 15) is 4.79 Å². The molecule has 0 spiro atoms. The molecular weight excluding hydrogens is 438 g/mol. The summed E-state index contributed by atoms with van der Waals surface area (Å²) in [5.74, 6) is 0.336. The predicted molar refractivity (Wildman–Crippen MR) is 140 cm³/mol. The number of hydrazine groups is 1. The van der Waals surface area contributed by atoms with E-state index in [-0.39, 0.29) is 18.2 Å². The van der Waals surface area contributed by atoms with Crippen LogP contribution >= 0.6 is 0 Å². The average Bonchev–Trinajstić information content (AvgIpc) is 3.29. The fourth-order valence-corrected chi connectivity index (χ4v) is 5.37. The summed E-state index contributed by atoms with van der Waals surface area (Å²) < 4.78 is 6.12. The van der Waals surface area contributed by atoms with Crippen LogP contribution in [0.3, 0.4) is 0 Å². The van der Waals surface area contributed by atoms with Crippen LogP contribution < -0.4 is 21.1 Å². The number of rotatable bonds is 7. The summed E-state index contributed by atoms with van der Waals surface area (Å²) in [5, 5.41) is 3.20. The van der Waals surface area contributed by atoms with Crippen LogP contribution in [0, 0.1) is 5.92 Å². The molecule has 1 saturated carbocycles. The van der Waals surface area contributed by atoms with Gasteiger partial charge in [-0.25, -0.2) is 5.43 Å². The molecule has 3 fully saturated rings. The number of carbonyl (C=O) groups excluding carboxylic acids is 1. The van der Waals surface area contributed by atoms with Gasteiger partial charge in [-0.1, -0.05) is 42.5 Å². The lowest BCUT2D eigenvalue weighted by molar-refractivity contribution is 0.0263. The van der Waals surface area contributed by atoms with E-state index in [1.807, 2.05) is 30.3 Å². The van der Waals surface area contributed by atoms with Crippen LogP contribution in [0.1, 0.15) is 35.2 Å². The number of hydrogen-bond acceptors (Lipinski definition) is 6. The maximum absolute atomic E-state index is 12.9. The third-order valence-electron chi connectivity index (χ3n) is 7.53. The number of hydrogen-bond donors (Lipinski definition) is 3. The first-order valence-electron chi connectivity index (χ1n) is 12.8. The standard InChI is InChI=1S/C28H37N5O2/c1-32-15-17-33(18-16-32)23-11-9-22(10-12-23)28(34)29-27-25-14-13-24(20-26(25)30-31-27)35-19-5-8-21-6-3-2-4-7-21/h2-12,24-27,30-31H,13-20H2,1H3,(H,29,34)/b8-5+. The summed E-state index contributed by atoms with van der Waals surface area (Å²) in [6, 6.07) is 18.6. The second kappa shape index (κ2) is 11.4. The highest BCUT2D eigenvalue weighted by molar-refractivity contribution is 5.94. The van der Waals surface area contributed by atoms with Crippen molar-refractivity contribution in [2.75, 3.05) is 44.7 Å². The zero-order chi connectivity index (χ0) is 24.0. The lowest BCUT2D eigenvalue weighted by atomic mass is 9.82. The van der Waals surface area contributed by atoms with Gasteiger partial charge in [-0.3, -0.25) is 10.2 Å². The monoisotopic (exact) mass is 475 g/mol. The van der Waals surface area contributed by atoms with Crippen molar-refractivity contribution in [1.29, 1.82) is 0 Å². The Morgan fingerprint density at radius 1 is 1.03 bits per heavy atom. The Morgan fingerprint density at radius 3 is 2.57 bits per heavy atom. The molecule has 2 heterocycles. The summed E-state index contributed by atoms with van der Waals surface area (Å²) in [5.41, 5.74) is 9.79. The molecule has 35 heavy (non-hydrogen) atoms. The second-order valence-corrected chi connectivity index (χ2v) is 9.93. The smallest absolute Gasteiger partial charge is 0.252 e. The molecule has 186 valence electrons. The van der Waals surface area contributed by atoms with Gasteiger partial charge in [0.15, 0.2) is 0 Å². The van der Waals surface area contributed by atoms with Crippen molar-refractivity contribution in [3.8, 4) is 0 Å². The van der Waals surface area contributed by atoms with Crippen molar-refractivity contribution in [2.24, 2.45) is 5.92 Å². The van der Waals surface area contributed by atoms with E-state index in [2.05, 4.69) is 69.4 Å². The molecule has 7 heteroatoms. The molecule has 1 aliphatic carbocycles. The first kappa shape index (κ1) is 24.0. The van der Waals surface area contributed by atoms with Gasteiger partial charge in [0.25, 0.3) is 5.91 Å². The zero-order valence-corrected chi connectivity index (χ0v) is 20.5. The minimum Gasteiger partial charge on any atom is -0.374 e. The number of piperazine rings is 1. The van der Waals surface area contributed by atoms with Crippen molar-refractivity contribution in [2.45, 2.75) is 37.6 Å². The normalized spacial score (nSPS) is 27.2. The first-order chi connectivity index (χ1) is 17.2. The van der Waals surface area contributed by atoms with Crippen LogP contribution in [0.15, 0.2) is 60.7 Å². The van der Waals surface area contributed by atoms with Crippen molar-refractivity contribution >= 4 is 17.7 Å². The Labute approximate surface area is 208 Å². The summed E-state index contributed by atoms with van der Waals surface area (Å²) in [7, 11) is 2.16. The molecule has 0 aromatic heterocycles. The van der Waals surface area contributed by atoms with Gasteiger partial charge < -0.3 is 19.9 Å². The van der Waals surface area contributed by atoms with Gasteiger partial charge >= 0.3 is 0 Å². The molecule has 5 rings (SSSR count).